The van der Waals surface area contributed by atoms with Crippen LogP contribution in [-0.2, 0) is 0 Å². The fourth-order valence-electron chi connectivity index (χ4n) is 7.49. The maximum absolute atomic E-state index is 6.29. The van der Waals surface area contributed by atoms with Gasteiger partial charge in [-0.1, -0.05) is 133 Å². The van der Waals surface area contributed by atoms with E-state index in [1.54, 1.807) is 0 Å². The minimum absolute atomic E-state index is 0.631. The number of oxazole rings is 1. The Hall–Kier alpha value is -6.97. The molecule has 9 aromatic carbocycles. The van der Waals surface area contributed by atoms with Crippen LogP contribution in [0.15, 0.2) is 199 Å². The van der Waals surface area contributed by atoms with E-state index in [0.29, 0.717) is 5.89 Å². The van der Waals surface area contributed by atoms with Crippen LogP contribution in [0.2, 0.25) is 0 Å². The lowest BCUT2D eigenvalue weighted by molar-refractivity contribution is 0.623. The molecule has 1 heterocycles. The predicted molar refractivity (Wildman–Crippen MR) is 218 cm³/mol. The summed E-state index contributed by atoms with van der Waals surface area (Å²) in [6.45, 7) is 0. The van der Waals surface area contributed by atoms with Crippen molar-refractivity contribution in [1.82, 2.24) is 4.98 Å². The zero-order valence-electron chi connectivity index (χ0n) is 28.3. The molecule has 0 saturated heterocycles. The largest absolute Gasteiger partial charge is 0.435 e. The fourth-order valence-corrected chi connectivity index (χ4v) is 7.49. The number of benzene rings is 9. The monoisotopic (exact) mass is 664 g/mol. The van der Waals surface area contributed by atoms with Gasteiger partial charge in [-0.05, 0) is 110 Å². The second-order valence-corrected chi connectivity index (χ2v) is 13.2. The van der Waals surface area contributed by atoms with Crippen molar-refractivity contribution in [2.75, 3.05) is 4.90 Å². The summed E-state index contributed by atoms with van der Waals surface area (Å²) in [6.07, 6.45) is 0. The van der Waals surface area contributed by atoms with Gasteiger partial charge in [0.05, 0.1) is 0 Å². The third kappa shape index (κ3) is 5.19. The summed E-state index contributed by atoms with van der Waals surface area (Å²) in [4.78, 5) is 7.11. The molecule has 0 atom stereocenters. The second kappa shape index (κ2) is 12.4. The molecule has 0 saturated carbocycles. The molecule has 3 heteroatoms. The Morgan fingerprint density at radius 1 is 0.365 bits per heavy atom. The number of nitrogens with zero attached hydrogens (tertiary/aromatic N) is 2. The highest BCUT2D eigenvalue weighted by molar-refractivity contribution is 6.13. The zero-order valence-corrected chi connectivity index (χ0v) is 28.3. The van der Waals surface area contributed by atoms with Gasteiger partial charge in [-0.3, -0.25) is 0 Å². The van der Waals surface area contributed by atoms with E-state index in [-0.39, 0.29) is 0 Å². The summed E-state index contributed by atoms with van der Waals surface area (Å²) in [5.74, 6) is 0.631. The van der Waals surface area contributed by atoms with E-state index >= 15 is 0 Å². The number of hydrogen-bond acceptors (Lipinski definition) is 3. The van der Waals surface area contributed by atoms with Gasteiger partial charge in [0.15, 0.2) is 5.58 Å². The molecule has 0 spiro atoms. The van der Waals surface area contributed by atoms with Crippen molar-refractivity contribution in [3.63, 3.8) is 0 Å². The summed E-state index contributed by atoms with van der Waals surface area (Å²) in [5.41, 5.74) is 10.7. The lowest BCUT2D eigenvalue weighted by atomic mass is 9.93. The van der Waals surface area contributed by atoms with Gasteiger partial charge >= 0.3 is 0 Å². The van der Waals surface area contributed by atoms with Crippen molar-refractivity contribution >= 4 is 60.5 Å². The quantitative estimate of drug-likeness (QED) is 0.166. The first-order chi connectivity index (χ1) is 25.8. The van der Waals surface area contributed by atoms with Crippen LogP contribution in [0.1, 0.15) is 0 Å². The maximum Gasteiger partial charge on any atom is 0.227 e. The molecule has 52 heavy (non-hydrogen) atoms. The van der Waals surface area contributed by atoms with Gasteiger partial charge in [0.1, 0.15) is 5.52 Å². The van der Waals surface area contributed by atoms with Crippen LogP contribution < -0.4 is 4.90 Å². The molecule has 0 N–H and O–H groups in total. The van der Waals surface area contributed by atoms with Crippen molar-refractivity contribution in [2.45, 2.75) is 0 Å². The molecule has 0 fully saturated rings. The van der Waals surface area contributed by atoms with E-state index < -0.39 is 0 Å². The van der Waals surface area contributed by atoms with Crippen LogP contribution in [-0.4, -0.2) is 4.98 Å². The standard InChI is InChI=1S/C49H32N2O/c1-2-12-39(13-3-1)51(41-29-24-36(25-30-41)46-32-38-11-5-6-14-42(38)44-16-8-9-17-45(44)46)40-27-22-34(23-28-40)33-18-20-37(21-19-33)49-50-47-31-26-35-10-4-7-15-43(35)48(47)52-49/h1-32H. The molecule has 3 nitrogen and oxygen atoms in total. The summed E-state index contributed by atoms with van der Waals surface area (Å²) >= 11 is 0. The van der Waals surface area contributed by atoms with Crippen molar-refractivity contribution in [1.29, 1.82) is 0 Å². The Bertz CT molecular complexity index is 2870. The Kier molecular flexibility index (Phi) is 7.14. The molecular formula is C49H32N2O. The molecule has 0 radical (unpaired) electrons. The van der Waals surface area contributed by atoms with Crippen molar-refractivity contribution in [3.05, 3.63) is 194 Å². The Morgan fingerprint density at radius 2 is 0.885 bits per heavy atom. The Morgan fingerprint density at radius 3 is 1.60 bits per heavy atom. The SMILES string of the molecule is c1ccc(N(c2ccc(-c3ccc(-c4nc5ccc6ccccc6c5o4)cc3)cc2)c2ccc(-c3cc4ccccc4c4ccccc34)cc2)cc1. The van der Waals surface area contributed by atoms with Crippen molar-refractivity contribution in [3.8, 4) is 33.7 Å². The second-order valence-electron chi connectivity index (χ2n) is 13.2. The van der Waals surface area contributed by atoms with E-state index in [1.165, 1.54) is 32.7 Å². The number of anilines is 3. The third-order valence-corrected chi connectivity index (χ3v) is 10.1. The van der Waals surface area contributed by atoms with E-state index in [1.807, 2.05) is 18.2 Å². The summed E-state index contributed by atoms with van der Waals surface area (Å²) in [6, 6.07) is 68.8. The Balaban J connectivity index is 0.963. The maximum atomic E-state index is 6.29. The van der Waals surface area contributed by atoms with Gasteiger partial charge in [-0.25, -0.2) is 4.98 Å². The smallest absolute Gasteiger partial charge is 0.227 e. The summed E-state index contributed by atoms with van der Waals surface area (Å²) < 4.78 is 6.29. The Labute approximate surface area is 301 Å². The number of aromatic nitrogens is 1. The first-order valence-corrected chi connectivity index (χ1v) is 17.6. The normalized spacial score (nSPS) is 11.5. The van der Waals surface area contributed by atoms with E-state index in [2.05, 4.69) is 181 Å². The van der Waals surface area contributed by atoms with Crippen LogP contribution in [0.25, 0.3) is 77.1 Å². The predicted octanol–water partition coefficient (Wildman–Crippen LogP) is 13.8. The number of hydrogen-bond donors (Lipinski definition) is 0. The van der Waals surface area contributed by atoms with Crippen LogP contribution in [0.3, 0.4) is 0 Å². The minimum atomic E-state index is 0.631. The van der Waals surface area contributed by atoms with Gasteiger partial charge in [0.2, 0.25) is 5.89 Å². The lowest BCUT2D eigenvalue weighted by Crippen LogP contribution is -2.09. The van der Waals surface area contributed by atoms with Gasteiger partial charge in [0, 0.05) is 28.0 Å². The summed E-state index contributed by atoms with van der Waals surface area (Å²) in [7, 11) is 0. The van der Waals surface area contributed by atoms with E-state index in [4.69, 9.17) is 9.40 Å². The first-order valence-electron chi connectivity index (χ1n) is 17.6. The van der Waals surface area contributed by atoms with Gasteiger partial charge in [0.25, 0.3) is 0 Å². The van der Waals surface area contributed by atoms with Crippen molar-refractivity contribution in [2.24, 2.45) is 0 Å². The molecule has 1 aromatic heterocycles. The van der Waals surface area contributed by atoms with Crippen molar-refractivity contribution < 1.29 is 4.42 Å². The van der Waals surface area contributed by atoms with Crippen LogP contribution in [0, 0.1) is 0 Å². The van der Waals surface area contributed by atoms with E-state index in [0.717, 1.165) is 55.6 Å². The molecule has 0 aliphatic carbocycles. The molecule has 0 bridgehead atoms. The molecule has 0 aliphatic rings. The molecule has 244 valence electrons. The summed E-state index contributed by atoms with van der Waals surface area (Å²) in [5, 5.41) is 7.30. The molecular weight excluding hydrogens is 633 g/mol. The van der Waals surface area contributed by atoms with Gasteiger partial charge < -0.3 is 9.32 Å². The van der Waals surface area contributed by atoms with Crippen LogP contribution >= 0.6 is 0 Å². The minimum Gasteiger partial charge on any atom is -0.435 e. The molecule has 10 rings (SSSR count). The molecule has 10 aromatic rings. The number of fused-ring (bicyclic) bond motifs is 6. The first kappa shape index (κ1) is 29.9. The molecule has 0 unspecified atom stereocenters. The highest BCUT2D eigenvalue weighted by atomic mass is 16.3. The topological polar surface area (TPSA) is 29.3 Å². The third-order valence-electron chi connectivity index (χ3n) is 10.1. The van der Waals surface area contributed by atoms with Gasteiger partial charge in [-0.2, -0.15) is 0 Å². The molecule has 0 amide bonds. The highest BCUT2D eigenvalue weighted by Gasteiger charge is 2.15. The average molecular weight is 665 g/mol. The highest BCUT2D eigenvalue weighted by Crippen LogP contribution is 2.39. The fraction of sp³-hybridized carbons (Fsp3) is 0. The molecule has 0 aliphatic heterocycles. The number of para-hydroxylation sites is 1. The van der Waals surface area contributed by atoms with E-state index in [9.17, 15) is 0 Å². The van der Waals surface area contributed by atoms with Crippen LogP contribution in [0.4, 0.5) is 17.1 Å². The van der Waals surface area contributed by atoms with Crippen LogP contribution in [0.5, 0.6) is 0 Å². The zero-order chi connectivity index (χ0) is 34.4. The number of rotatable bonds is 6. The van der Waals surface area contributed by atoms with Gasteiger partial charge in [-0.15, -0.1) is 0 Å². The average Bonchev–Trinajstić information content (AvgIpc) is 3.67. The lowest BCUT2D eigenvalue weighted by Gasteiger charge is -2.26.